The van der Waals surface area contributed by atoms with Crippen LogP contribution in [0.1, 0.15) is 161 Å². The fraction of sp³-hybridized carbons (Fsp3) is 0.297. The van der Waals surface area contributed by atoms with Crippen molar-refractivity contribution in [1.82, 2.24) is 0 Å². The van der Waals surface area contributed by atoms with E-state index in [1.54, 1.807) is 21.9 Å². The first kappa shape index (κ1) is 54.8. The van der Waals surface area contributed by atoms with Crippen LogP contribution in [0.2, 0.25) is 0 Å². The summed E-state index contributed by atoms with van der Waals surface area (Å²) < 4.78 is 26.9. The highest BCUT2D eigenvalue weighted by Crippen LogP contribution is 2.60. The quantitative estimate of drug-likeness (QED) is 0.0816. The van der Waals surface area contributed by atoms with E-state index < -0.39 is 28.6 Å². The first-order valence-electron chi connectivity index (χ1n) is 30.6. The number of carbonyl (C=O) groups excluding carboxylic acids is 4. The number of fused-ring (bicyclic) bond motifs is 12. The van der Waals surface area contributed by atoms with Crippen LogP contribution in [0.15, 0.2) is 158 Å². The minimum Gasteiger partial charge on any atom is -0.456 e. The lowest BCUT2D eigenvalue weighted by Crippen LogP contribution is -2.35. The number of ether oxygens (including phenoxy) is 4. The van der Waals surface area contributed by atoms with Gasteiger partial charge >= 0.3 is 11.9 Å². The molecule has 0 saturated heterocycles. The van der Waals surface area contributed by atoms with Crippen LogP contribution in [-0.2, 0) is 35.7 Å². The minimum absolute atomic E-state index is 0.417. The van der Waals surface area contributed by atoms with Gasteiger partial charge in [-0.25, -0.2) is 9.59 Å². The zero-order valence-corrected chi connectivity index (χ0v) is 49.7. The largest absolute Gasteiger partial charge is 0.456 e. The van der Waals surface area contributed by atoms with Gasteiger partial charge in [0.05, 0.1) is 22.5 Å². The molecule has 2 unspecified atom stereocenters. The Hall–Kier alpha value is -9.16. The van der Waals surface area contributed by atoms with E-state index in [4.69, 9.17) is 18.9 Å². The van der Waals surface area contributed by atoms with Crippen LogP contribution in [0.3, 0.4) is 0 Å². The number of aryl methyl sites for hydroxylation is 2. The predicted octanol–water partition coefficient (Wildman–Crippen LogP) is 16.3. The van der Waals surface area contributed by atoms with Gasteiger partial charge < -0.3 is 28.7 Å². The number of hydrogen-bond donors (Lipinski definition) is 0. The second kappa shape index (κ2) is 21.1. The zero-order valence-electron chi connectivity index (χ0n) is 49.7. The smallest absolute Gasteiger partial charge is 0.340 e. The molecule has 0 N–H and O–H groups in total. The van der Waals surface area contributed by atoms with Gasteiger partial charge in [0.2, 0.25) is 12.8 Å². The lowest BCUT2D eigenvalue weighted by atomic mass is 9.74. The first-order valence-corrected chi connectivity index (χ1v) is 30.6. The fourth-order valence-electron chi connectivity index (χ4n) is 15.0. The number of amides is 2. The lowest BCUT2D eigenvalue weighted by Gasteiger charge is -2.39. The summed E-state index contributed by atoms with van der Waals surface area (Å²) in [7, 11) is 4.31. The summed E-state index contributed by atoms with van der Waals surface area (Å²) in [6, 6.07) is 52.3. The molecular weight excluding hydrogens is 1070 g/mol. The molecule has 8 aromatic carbocycles. The number of esters is 2. The van der Waals surface area contributed by atoms with E-state index >= 15 is 0 Å². The van der Waals surface area contributed by atoms with E-state index in [0.717, 1.165) is 101 Å². The van der Waals surface area contributed by atoms with Crippen LogP contribution in [-0.4, -0.2) is 50.9 Å². The van der Waals surface area contributed by atoms with E-state index in [1.807, 2.05) is 111 Å². The molecule has 4 aliphatic heterocycles. The summed E-state index contributed by atoms with van der Waals surface area (Å²) >= 11 is 0. The number of nitrogens with zero attached hydrogens (tertiary/aromatic N) is 4. The van der Waals surface area contributed by atoms with Crippen molar-refractivity contribution in [2.75, 3.05) is 33.7 Å². The maximum absolute atomic E-state index is 13.9. The van der Waals surface area contributed by atoms with Crippen molar-refractivity contribution in [1.29, 1.82) is 0 Å². The monoisotopic (exact) mass is 1140 g/mol. The summed E-state index contributed by atoms with van der Waals surface area (Å²) in [5.41, 5.74) is 10.4. The molecule has 2 amide bonds. The third-order valence-electron chi connectivity index (χ3n) is 20.1. The SMILES string of the molecule is CCC(C)(c1ccc(N(C=O)c2cc3c(cc2C)Oc2cc(N(C)C4CCCCC4)ccc2C32OC(=O)c3ccccc32)cc1)c1ccc(N(C=O)c2cc3c(cc2C)Oc2cc(N(C)C4CCCCC4)ccc2C32OC(=O)c3ccccc32)cc1. The standard InChI is InChI=1S/C74H70N4O8/c1-7-72(4,48-26-30-52(31-27-48)77(44-79)64-42-62-66(38-46(64)2)83-68-40-54(75(5)50-18-10-8-11-19-50)34-36-60(68)73(62)58-24-16-14-22-56(58)70(81)85-73)49-28-32-53(33-29-49)78(45-80)65-43-63-67(39-47(65)3)84-69-41-55(76(6)51-20-12-9-13-21-51)35-37-61(69)74(63)59-25-17-15-23-57(59)71(82)86-74/h14-17,22-45,50-51H,7-13,18-21H2,1-6H3. The Kier molecular flexibility index (Phi) is 13.4. The summed E-state index contributed by atoms with van der Waals surface area (Å²) in [6.45, 7) is 8.29. The molecule has 12 nitrogen and oxygen atoms in total. The molecule has 4 heterocycles. The maximum Gasteiger partial charge on any atom is 0.340 e. The van der Waals surface area contributed by atoms with Crippen molar-refractivity contribution in [3.05, 3.63) is 224 Å². The molecule has 0 radical (unpaired) electrons. The molecule has 434 valence electrons. The summed E-state index contributed by atoms with van der Waals surface area (Å²) in [5.74, 6) is 1.54. The summed E-state index contributed by atoms with van der Waals surface area (Å²) in [4.78, 5) is 62.8. The summed E-state index contributed by atoms with van der Waals surface area (Å²) in [6.07, 6.45) is 14.4. The fourth-order valence-corrected chi connectivity index (χ4v) is 15.0. The lowest BCUT2D eigenvalue weighted by molar-refractivity contribution is -0.107. The number of hydrogen-bond acceptors (Lipinski definition) is 10. The second-order valence-corrected chi connectivity index (χ2v) is 24.6. The Morgan fingerprint density at radius 1 is 0.465 bits per heavy atom. The van der Waals surface area contributed by atoms with Gasteiger partial charge in [-0.2, -0.15) is 0 Å². The number of anilines is 6. The maximum atomic E-state index is 13.9. The molecule has 8 aromatic rings. The van der Waals surface area contributed by atoms with Crippen LogP contribution in [0.25, 0.3) is 0 Å². The van der Waals surface area contributed by atoms with Gasteiger partial charge in [-0.15, -0.1) is 0 Å². The van der Waals surface area contributed by atoms with Crippen LogP contribution in [0.5, 0.6) is 23.0 Å². The third kappa shape index (κ3) is 8.44. The number of carbonyl (C=O) groups is 4. The molecule has 2 saturated carbocycles. The van der Waals surface area contributed by atoms with Gasteiger partial charge in [-0.1, -0.05) is 113 Å². The van der Waals surface area contributed by atoms with Gasteiger partial charge in [0, 0.05) is 99.9 Å². The van der Waals surface area contributed by atoms with E-state index in [2.05, 4.69) is 86.3 Å². The van der Waals surface area contributed by atoms with E-state index in [1.165, 1.54) is 38.5 Å². The average molecular weight is 1140 g/mol. The molecule has 2 fully saturated rings. The van der Waals surface area contributed by atoms with Crippen molar-refractivity contribution in [2.24, 2.45) is 0 Å². The van der Waals surface area contributed by atoms with Crippen LogP contribution in [0, 0.1) is 13.8 Å². The molecule has 12 heteroatoms. The van der Waals surface area contributed by atoms with E-state index in [0.29, 0.717) is 80.1 Å². The highest BCUT2D eigenvalue weighted by Gasteiger charge is 2.56. The molecule has 2 aliphatic carbocycles. The molecule has 0 aromatic heterocycles. The van der Waals surface area contributed by atoms with Crippen LogP contribution in [0.4, 0.5) is 34.1 Å². The molecule has 6 aliphatic rings. The minimum atomic E-state index is -1.32. The molecule has 86 heavy (non-hydrogen) atoms. The van der Waals surface area contributed by atoms with Gasteiger partial charge in [0.15, 0.2) is 11.2 Å². The Bertz CT molecular complexity index is 3800. The molecular formula is C74H70N4O8. The zero-order chi connectivity index (χ0) is 59.2. The van der Waals surface area contributed by atoms with Gasteiger partial charge in [-0.05, 0) is 153 Å². The summed E-state index contributed by atoms with van der Waals surface area (Å²) in [5, 5.41) is 0. The van der Waals surface area contributed by atoms with Crippen LogP contribution < -0.4 is 29.1 Å². The third-order valence-corrected chi connectivity index (χ3v) is 20.1. The molecule has 0 bridgehead atoms. The highest BCUT2D eigenvalue weighted by atomic mass is 16.6. The van der Waals surface area contributed by atoms with Crippen molar-refractivity contribution in [3.8, 4) is 23.0 Å². The van der Waals surface area contributed by atoms with Crippen molar-refractivity contribution in [2.45, 2.75) is 127 Å². The van der Waals surface area contributed by atoms with Crippen molar-refractivity contribution >= 4 is 58.9 Å². The first-order chi connectivity index (χ1) is 41.8. The van der Waals surface area contributed by atoms with E-state index in [9.17, 15) is 19.2 Å². The van der Waals surface area contributed by atoms with Crippen molar-refractivity contribution in [3.63, 3.8) is 0 Å². The second-order valence-electron chi connectivity index (χ2n) is 24.6. The highest BCUT2D eigenvalue weighted by molar-refractivity contribution is 5.99. The Morgan fingerprint density at radius 3 is 1.22 bits per heavy atom. The van der Waals surface area contributed by atoms with Gasteiger partial charge in [0.1, 0.15) is 23.0 Å². The number of rotatable bonds is 13. The molecule has 2 spiro atoms. The van der Waals surface area contributed by atoms with Gasteiger partial charge in [0.25, 0.3) is 0 Å². The van der Waals surface area contributed by atoms with Gasteiger partial charge in [-0.3, -0.25) is 19.4 Å². The Labute approximate surface area is 502 Å². The van der Waals surface area contributed by atoms with E-state index in [-0.39, 0.29) is 0 Å². The Balaban J connectivity index is 0.762. The average Bonchev–Trinajstić information content (AvgIpc) is 1.43. The molecule has 14 rings (SSSR count). The number of benzene rings is 8. The topological polar surface area (TPSA) is 118 Å². The molecule has 2 atom stereocenters. The van der Waals surface area contributed by atoms with Crippen molar-refractivity contribution < 1.29 is 38.1 Å². The Morgan fingerprint density at radius 2 is 0.837 bits per heavy atom. The normalized spacial score (nSPS) is 19.7. The van der Waals surface area contributed by atoms with Crippen LogP contribution >= 0.6 is 0 Å². The predicted molar refractivity (Wildman–Crippen MR) is 335 cm³/mol.